The largest absolute Gasteiger partial charge is 0.353 e. The summed E-state index contributed by atoms with van der Waals surface area (Å²) in [5.41, 5.74) is 3.65. The Labute approximate surface area is 199 Å². The van der Waals surface area contributed by atoms with Crippen molar-refractivity contribution in [3.8, 4) is 11.3 Å². The maximum atomic E-state index is 12.1. The summed E-state index contributed by atoms with van der Waals surface area (Å²) < 4.78 is 24.2. The quantitative estimate of drug-likeness (QED) is 0.465. The minimum absolute atomic E-state index is 0. The molecule has 5 rings (SSSR count). The van der Waals surface area contributed by atoms with E-state index in [9.17, 15) is 8.42 Å². The zero-order chi connectivity index (χ0) is 22.1. The van der Waals surface area contributed by atoms with Crippen LogP contribution in [0.4, 0.5) is 5.82 Å². The standard InChI is InChI=1S/C23H24N6O2S.ClH/c1-32(30,31)22-5-3-2-4-18(22)15-28-10-12-29(13-11-28)23-19-14-17(20-8-9-26-27-20)6-7-21(19)24-16-25-23;/h2-9,14,16H,10-13,15H2,1H3,(H,26,27);1H. The third-order valence-electron chi connectivity index (χ3n) is 5.85. The van der Waals surface area contributed by atoms with Crippen LogP contribution in [0.2, 0.25) is 0 Å². The minimum Gasteiger partial charge on any atom is -0.353 e. The number of piperazine rings is 1. The van der Waals surface area contributed by atoms with Crippen molar-refractivity contribution in [3.63, 3.8) is 0 Å². The van der Waals surface area contributed by atoms with E-state index in [4.69, 9.17) is 0 Å². The second-order valence-electron chi connectivity index (χ2n) is 8.03. The minimum atomic E-state index is -3.25. The molecule has 1 aliphatic rings. The number of H-pyrrole nitrogens is 1. The highest BCUT2D eigenvalue weighted by molar-refractivity contribution is 7.90. The third-order valence-corrected chi connectivity index (χ3v) is 7.05. The van der Waals surface area contributed by atoms with E-state index in [0.717, 1.165) is 59.7 Å². The number of hydrogen-bond acceptors (Lipinski definition) is 7. The van der Waals surface area contributed by atoms with Crippen molar-refractivity contribution in [2.75, 3.05) is 37.3 Å². The van der Waals surface area contributed by atoms with E-state index >= 15 is 0 Å². The van der Waals surface area contributed by atoms with Gasteiger partial charge in [0.1, 0.15) is 12.1 Å². The number of fused-ring (bicyclic) bond motifs is 1. The molecule has 172 valence electrons. The van der Waals surface area contributed by atoms with Crippen LogP contribution in [0.1, 0.15) is 5.56 Å². The van der Waals surface area contributed by atoms with Crippen LogP contribution in [0.3, 0.4) is 0 Å². The van der Waals surface area contributed by atoms with Crippen LogP contribution in [-0.2, 0) is 16.4 Å². The highest BCUT2D eigenvalue weighted by Crippen LogP contribution is 2.28. The number of anilines is 1. The molecule has 2 aromatic carbocycles. The Bertz CT molecular complexity index is 1350. The molecule has 10 heteroatoms. The average Bonchev–Trinajstić information content (AvgIpc) is 3.34. The first-order chi connectivity index (χ1) is 15.5. The Balaban J connectivity index is 0.00000259. The second-order valence-corrected chi connectivity index (χ2v) is 10.0. The van der Waals surface area contributed by atoms with Crippen molar-refractivity contribution in [1.29, 1.82) is 0 Å². The lowest BCUT2D eigenvalue weighted by Gasteiger charge is -2.36. The molecule has 1 saturated heterocycles. The molecule has 8 nitrogen and oxygen atoms in total. The maximum Gasteiger partial charge on any atom is 0.175 e. The average molecular weight is 485 g/mol. The summed E-state index contributed by atoms with van der Waals surface area (Å²) >= 11 is 0. The second kappa shape index (κ2) is 9.46. The number of hydrogen-bond donors (Lipinski definition) is 1. The van der Waals surface area contributed by atoms with Crippen LogP contribution < -0.4 is 4.90 Å². The van der Waals surface area contributed by atoms with Crippen molar-refractivity contribution < 1.29 is 8.42 Å². The van der Waals surface area contributed by atoms with Crippen LogP contribution in [0.25, 0.3) is 22.2 Å². The molecule has 1 aliphatic heterocycles. The van der Waals surface area contributed by atoms with E-state index in [2.05, 4.69) is 36.0 Å². The highest BCUT2D eigenvalue weighted by Gasteiger charge is 2.22. The molecule has 2 aromatic heterocycles. The number of nitrogens with one attached hydrogen (secondary N) is 1. The van der Waals surface area contributed by atoms with Crippen LogP contribution >= 0.6 is 12.4 Å². The fraction of sp³-hybridized carbons (Fsp3) is 0.261. The molecule has 1 fully saturated rings. The summed E-state index contributed by atoms with van der Waals surface area (Å²) in [5, 5.41) is 8.14. The van der Waals surface area contributed by atoms with Crippen molar-refractivity contribution >= 4 is 39.0 Å². The summed E-state index contributed by atoms with van der Waals surface area (Å²) in [6.07, 6.45) is 4.69. The smallest absolute Gasteiger partial charge is 0.175 e. The molecule has 0 atom stereocenters. The topological polar surface area (TPSA) is 95.1 Å². The normalized spacial score (nSPS) is 14.9. The molecule has 3 heterocycles. The lowest BCUT2D eigenvalue weighted by atomic mass is 10.1. The summed E-state index contributed by atoms with van der Waals surface area (Å²) in [5.74, 6) is 0.920. The van der Waals surface area contributed by atoms with E-state index in [1.807, 2.05) is 36.5 Å². The summed E-state index contributed by atoms with van der Waals surface area (Å²) in [7, 11) is -3.25. The number of aromatic amines is 1. The molecule has 33 heavy (non-hydrogen) atoms. The molecule has 0 bridgehead atoms. The van der Waals surface area contributed by atoms with Crippen molar-refractivity contribution in [2.24, 2.45) is 0 Å². The Kier molecular flexibility index (Phi) is 6.64. The lowest BCUT2D eigenvalue weighted by molar-refractivity contribution is 0.247. The number of sulfone groups is 1. The van der Waals surface area contributed by atoms with Gasteiger partial charge in [0.25, 0.3) is 0 Å². The monoisotopic (exact) mass is 484 g/mol. The Morgan fingerprint density at radius 3 is 2.52 bits per heavy atom. The first-order valence-corrected chi connectivity index (χ1v) is 12.4. The van der Waals surface area contributed by atoms with Gasteiger partial charge in [-0.05, 0) is 29.8 Å². The Morgan fingerprint density at radius 1 is 1.00 bits per heavy atom. The molecule has 0 amide bonds. The molecule has 4 aromatic rings. The van der Waals surface area contributed by atoms with Gasteiger partial charge < -0.3 is 4.90 Å². The number of rotatable bonds is 5. The van der Waals surface area contributed by atoms with E-state index in [1.165, 1.54) is 6.26 Å². The van der Waals surface area contributed by atoms with Gasteiger partial charge in [0.05, 0.1) is 16.1 Å². The predicted octanol–water partition coefficient (Wildman–Crippen LogP) is 3.17. The molecule has 0 aliphatic carbocycles. The molecular weight excluding hydrogens is 460 g/mol. The SMILES string of the molecule is CS(=O)(=O)c1ccccc1CN1CCN(c2ncnc3ccc(-c4cc[nH]n4)cc23)CC1.Cl. The van der Waals surface area contributed by atoms with Gasteiger partial charge in [-0.1, -0.05) is 24.3 Å². The van der Waals surface area contributed by atoms with Gasteiger partial charge in [-0.3, -0.25) is 10.00 Å². The molecule has 1 N–H and O–H groups in total. The molecule has 0 unspecified atom stereocenters. The lowest BCUT2D eigenvalue weighted by Crippen LogP contribution is -2.46. The molecule has 0 radical (unpaired) electrons. The summed E-state index contributed by atoms with van der Waals surface area (Å²) in [4.78, 5) is 14.0. The number of benzene rings is 2. The first-order valence-electron chi connectivity index (χ1n) is 10.5. The van der Waals surface area contributed by atoms with Crippen LogP contribution in [-0.4, -0.2) is 65.9 Å². The third kappa shape index (κ3) is 4.85. The van der Waals surface area contributed by atoms with Crippen molar-refractivity contribution in [3.05, 3.63) is 66.6 Å². The zero-order valence-electron chi connectivity index (χ0n) is 18.2. The summed E-state index contributed by atoms with van der Waals surface area (Å²) in [6, 6.07) is 15.3. The van der Waals surface area contributed by atoms with Gasteiger partial charge in [-0.2, -0.15) is 5.10 Å². The van der Waals surface area contributed by atoms with Gasteiger partial charge >= 0.3 is 0 Å². The Hall–Kier alpha value is -3.01. The van der Waals surface area contributed by atoms with Gasteiger partial charge in [0.2, 0.25) is 0 Å². The highest BCUT2D eigenvalue weighted by atomic mass is 35.5. The fourth-order valence-electron chi connectivity index (χ4n) is 4.23. The number of aromatic nitrogens is 4. The fourth-order valence-corrected chi connectivity index (χ4v) is 5.16. The first kappa shape index (κ1) is 23.2. The molecular formula is C23H25ClN6O2S. The van der Waals surface area contributed by atoms with Crippen molar-refractivity contribution in [1.82, 2.24) is 25.1 Å². The van der Waals surface area contributed by atoms with E-state index in [0.29, 0.717) is 11.4 Å². The van der Waals surface area contributed by atoms with Crippen LogP contribution in [0, 0.1) is 0 Å². The van der Waals surface area contributed by atoms with Gasteiger partial charge in [-0.25, -0.2) is 18.4 Å². The van der Waals surface area contributed by atoms with Crippen LogP contribution in [0.15, 0.2) is 66.0 Å². The van der Waals surface area contributed by atoms with Gasteiger partial charge in [0.15, 0.2) is 9.84 Å². The van der Waals surface area contributed by atoms with E-state index in [-0.39, 0.29) is 12.4 Å². The van der Waals surface area contributed by atoms with E-state index in [1.54, 1.807) is 18.5 Å². The number of nitrogens with zero attached hydrogens (tertiary/aromatic N) is 5. The maximum absolute atomic E-state index is 12.1. The predicted molar refractivity (Wildman–Crippen MR) is 131 cm³/mol. The molecule has 0 saturated carbocycles. The zero-order valence-corrected chi connectivity index (χ0v) is 19.8. The van der Waals surface area contributed by atoms with Crippen LogP contribution in [0.5, 0.6) is 0 Å². The van der Waals surface area contributed by atoms with Gasteiger partial charge in [0, 0.05) is 56.1 Å². The Morgan fingerprint density at radius 2 is 1.79 bits per heavy atom. The van der Waals surface area contributed by atoms with Gasteiger partial charge in [-0.15, -0.1) is 12.4 Å². The number of halogens is 1. The summed E-state index contributed by atoms with van der Waals surface area (Å²) in [6.45, 7) is 3.87. The van der Waals surface area contributed by atoms with Crippen molar-refractivity contribution in [2.45, 2.75) is 11.4 Å². The van der Waals surface area contributed by atoms with E-state index < -0.39 is 9.84 Å². The molecule has 0 spiro atoms.